The minimum Gasteiger partial charge on any atom is -0.467 e. The van der Waals surface area contributed by atoms with Gasteiger partial charge in [0.15, 0.2) is 0 Å². The third kappa shape index (κ3) is 3.12. The maximum atomic E-state index is 12.4. The summed E-state index contributed by atoms with van der Waals surface area (Å²) in [6.07, 6.45) is 4.53. The smallest absolute Gasteiger partial charge is 0.266 e. The van der Waals surface area contributed by atoms with Gasteiger partial charge < -0.3 is 4.42 Å². The second-order valence-electron chi connectivity index (χ2n) is 4.50. The summed E-state index contributed by atoms with van der Waals surface area (Å²) in [5.41, 5.74) is 0. The lowest BCUT2D eigenvalue weighted by Crippen LogP contribution is -2.27. The Bertz CT molecular complexity index is 700. The fourth-order valence-corrected chi connectivity index (χ4v) is 4.20. The number of thioether (sulfide) groups is 1. The molecule has 2 aromatic rings. The zero-order valence-electron chi connectivity index (χ0n) is 11.4. The van der Waals surface area contributed by atoms with Crippen molar-refractivity contribution < 1.29 is 9.21 Å². The minimum absolute atomic E-state index is 0.0483. The topological polar surface area (TPSA) is 33.5 Å². The molecule has 6 heteroatoms. The number of rotatable bonds is 4. The largest absolute Gasteiger partial charge is 0.467 e. The van der Waals surface area contributed by atoms with Crippen molar-refractivity contribution in [2.75, 3.05) is 0 Å². The van der Waals surface area contributed by atoms with Crippen molar-refractivity contribution in [3.05, 3.63) is 50.9 Å². The first kappa shape index (κ1) is 14.6. The molecule has 108 valence electrons. The first-order valence-corrected chi connectivity index (χ1v) is 8.58. The Labute approximate surface area is 136 Å². The molecule has 21 heavy (non-hydrogen) atoms. The van der Waals surface area contributed by atoms with Crippen LogP contribution in [0.25, 0.3) is 6.08 Å². The quantitative estimate of drug-likeness (QED) is 0.616. The van der Waals surface area contributed by atoms with E-state index in [0.717, 1.165) is 17.1 Å². The Balaban J connectivity index is 1.79. The van der Waals surface area contributed by atoms with Crippen molar-refractivity contribution in [3.8, 4) is 0 Å². The minimum atomic E-state index is -0.0483. The molecule has 1 amide bonds. The van der Waals surface area contributed by atoms with Crippen molar-refractivity contribution in [1.82, 2.24) is 4.90 Å². The molecule has 0 spiro atoms. The Morgan fingerprint density at radius 3 is 2.90 bits per heavy atom. The van der Waals surface area contributed by atoms with Crippen LogP contribution in [0.1, 0.15) is 22.4 Å². The summed E-state index contributed by atoms with van der Waals surface area (Å²) in [6.45, 7) is 2.51. The molecular formula is C15H13NO2S3. The van der Waals surface area contributed by atoms with Gasteiger partial charge in [-0.3, -0.25) is 9.69 Å². The molecule has 1 aliphatic rings. The van der Waals surface area contributed by atoms with Gasteiger partial charge in [-0.1, -0.05) is 30.9 Å². The van der Waals surface area contributed by atoms with Crippen molar-refractivity contribution in [2.24, 2.45) is 0 Å². The second-order valence-corrected chi connectivity index (χ2v) is 7.38. The second kappa shape index (κ2) is 6.17. The summed E-state index contributed by atoms with van der Waals surface area (Å²) in [5.74, 6) is 0.685. The third-order valence-corrected chi connectivity index (χ3v) is 5.63. The average Bonchev–Trinajstić information content (AvgIpc) is 3.18. The van der Waals surface area contributed by atoms with Gasteiger partial charge >= 0.3 is 0 Å². The molecule has 1 saturated heterocycles. The molecule has 3 rings (SSSR count). The molecule has 0 aromatic carbocycles. The normalized spacial score (nSPS) is 17.2. The molecule has 0 bridgehead atoms. The van der Waals surface area contributed by atoms with Crippen LogP contribution in [0.4, 0.5) is 0 Å². The van der Waals surface area contributed by atoms with Crippen molar-refractivity contribution >= 4 is 51.6 Å². The van der Waals surface area contributed by atoms with Crippen molar-refractivity contribution in [2.45, 2.75) is 19.9 Å². The Morgan fingerprint density at radius 2 is 2.24 bits per heavy atom. The molecule has 0 radical (unpaired) electrons. The van der Waals surface area contributed by atoms with E-state index in [0.29, 0.717) is 15.8 Å². The SMILES string of the molecule is CCc1ccc(/C=C2\SC(=S)N(Cc3ccco3)C2=O)s1. The first-order chi connectivity index (χ1) is 10.2. The van der Waals surface area contributed by atoms with Crippen LogP contribution in [-0.2, 0) is 17.8 Å². The molecule has 1 fully saturated rings. The molecule has 3 heterocycles. The lowest BCUT2D eigenvalue weighted by molar-refractivity contribution is -0.122. The van der Waals surface area contributed by atoms with Gasteiger partial charge in [-0.05, 0) is 36.8 Å². The molecule has 2 aromatic heterocycles. The molecule has 0 atom stereocenters. The molecular weight excluding hydrogens is 322 g/mol. The summed E-state index contributed by atoms with van der Waals surface area (Å²) in [4.78, 5) is 17.1. The standard InChI is InChI=1S/C15H13NO2S3/c1-2-11-5-6-12(20-11)8-13-14(17)16(15(19)21-13)9-10-4-3-7-18-10/h3-8H,2,9H2,1H3/b13-8-. The van der Waals surface area contributed by atoms with E-state index in [-0.39, 0.29) is 5.91 Å². The maximum Gasteiger partial charge on any atom is 0.266 e. The predicted octanol–water partition coefficient (Wildman–Crippen LogP) is 4.30. The van der Waals surface area contributed by atoms with Crippen LogP contribution in [0.15, 0.2) is 39.9 Å². The van der Waals surface area contributed by atoms with E-state index in [4.69, 9.17) is 16.6 Å². The fourth-order valence-electron chi connectivity index (χ4n) is 1.99. The van der Waals surface area contributed by atoms with Gasteiger partial charge in [0.05, 0.1) is 17.7 Å². The first-order valence-electron chi connectivity index (χ1n) is 6.54. The van der Waals surface area contributed by atoms with E-state index < -0.39 is 0 Å². The van der Waals surface area contributed by atoms with Gasteiger partial charge in [0, 0.05) is 9.75 Å². The average molecular weight is 335 g/mol. The van der Waals surface area contributed by atoms with Gasteiger partial charge in [-0.15, -0.1) is 11.3 Å². The zero-order valence-corrected chi connectivity index (χ0v) is 13.8. The molecule has 0 aliphatic carbocycles. The number of thiophene rings is 1. The number of amides is 1. The number of hydrogen-bond donors (Lipinski definition) is 0. The van der Waals surface area contributed by atoms with Gasteiger partial charge in [-0.2, -0.15) is 0 Å². The summed E-state index contributed by atoms with van der Waals surface area (Å²) in [5, 5.41) is 0. The van der Waals surface area contributed by atoms with Crippen LogP contribution in [0, 0.1) is 0 Å². The van der Waals surface area contributed by atoms with Crippen LogP contribution >= 0.6 is 35.3 Å². The van der Waals surface area contributed by atoms with E-state index >= 15 is 0 Å². The van der Waals surface area contributed by atoms with E-state index in [1.165, 1.54) is 16.6 Å². The zero-order chi connectivity index (χ0) is 14.8. The third-order valence-electron chi connectivity index (χ3n) is 3.07. The number of aryl methyl sites for hydroxylation is 1. The van der Waals surface area contributed by atoms with Crippen LogP contribution in [0.5, 0.6) is 0 Å². The number of furan rings is 1. The van der Waals surface area contributed by atoms with Crippen LogP contribution in [-0.4, -0.2) is 15.1 Å². The summed E-state index contributed by atoms with van der Waals surface area (Å²) in [7, 11) is 0. The van der Waals surface area contributed by atoms with Crippen molar-refractivity contribution in [3.63, 3.8) is 0 Å². The summed E-state index contributed by atoms with van der Waals surface area (Å²) in [6, 6.07) is 7.79. The van der Waals surface area contributed by atoms with Gasteiger partial charge in [0.2, 0.25) is 0 Å². The Morgan fingerprint density at radius 1 is 1.38 bits per heavy atom. The number of carbonyl (C=O) groups is 1. The molecule has 0 unspecified atom stereocenters. The number of thiocarbonyl (C=S) groups is 1. The fraction of sp³-hybridized carbons (Fsp3) is 0.200. The summed E-state index contributed by atoms with van der Waals surface area (Å²) < 4.78 is 5.86. The van der Waals surface area contributed by atoms with Crippen molar-refractivity contribution in [1.29, 1.82) is 0 Å². The Kier molecular flexibility index (Phi) is 4.28. The predicted molar refractivity (Wildman–Crippen MR) is 91.1 cm³/mol. The molecule has 1 aliphatic heterocycles. The van der Waals surface area contributed by atoms with E-state index in [9.17, 15) is 4.79 Å². The monoisotopic (exact) mass is 335 g/mol. The highest BCUT2D eigenvalue weighted by molar-refractivity contribution is 8.26. The number of carbonyl (C=O) groups excluding carboxylic acids is 1. The van der Waals surface area contributed by atoms with Crippen LogP contribution < -0.4 is 0 Å². The molecule has 3 nitrogen and oxygen atoms in total. The van der Waals surface area contributed by atoms with Crippen LogP contribution in [0.2, 0.25) is 0 Å². The van der Waals surface area contributed by atoms with Crippen LogP contribution in [0.3, 0.4) is 0 Å². The lowest BCUT2D eigenvalue weighted by Gasteiger charge is -2.11. The lowest BCUT2D eigenvalue weighted by atomic mass is 10.3. The van der Waals surface area contributed by atoms with Gasteiger partial charge in [0.25, 0.3) is 5.91 Å². The van der Waals surface area contributed by atoms with E-state index in [1.54, 1.807) is 28.6 Å². The Hall–Kier alpha value is -1.37. The highest BCUT2D eigenvalue weighted by Crippen LogP contribution is 2.34. The van der Waals surface area contributed by atoms with Gasteiger partial charge in [0.1, 0.15) is 10.1 Å². The summed E-state index contributed by atoms with van der Waals surface area (Å²) >= 11 is 8.36. The molecule has 0 N–H and O–H groups in total. The maximum absolute atomic E-state index is 12.4. The van der Waals surface area contributed by atoms with Gasteiger partial charge in [-0.25, -0.2) is 0 Å². The number of nitrogens with zero attached hydrogens (tertiary/aromatic N) is 1. The highest BCUT2D eigenvalue weighted by atomic mass is 32.2. The van der Waals surface area contributed by atoms with E-state index in [2.05, 4.69) is 13.0 Å². The number of hydrogen-bond acceptors (Lipinski definition) is 5. The highest BCUT2D eigenvalue weighted by Gasteiger charge is 2.32. The van der Waals surface area contributed by atoms with E-state index in [1.807, 2.05) is 18.2 Å². The molecule has 0 saturated carbocycles.